The third-order valence-corrected chi connectivity index (χ3v) is 1.50. The fourth-order valence-corrected chi connectivity index (χ4v) is 0.781. The number of ether oxygens (including phenoxy) is 3. The van der Waals surface area contributed by atoms with E-state index >= 15 is 0 Å². The number of carbonyl (C=O) groups excluding carboxylic acids is 2. The van der Waals surface area contributed by atoms with Gasteiger partial charge in [0, 0.05) is 19.3 Å². The summed E-state index contributed by atoms with van der Waals surface area (Å²) >= 11 is 0. The van der Waals surface area contributed by atoms with Crippen LogP contribution in [0.5, 0.6) is 0 Å². The van der Waals surface area contributed by atoms with Gasteiger partial charge in [0.1, 0.15) is 0 Å². The van der Waals surface area contributed by atoms with E-state index in [-0.39, 0.29) is 30.8 Å². The van der Waals surface area contributed by atoms with Gasteiger partial charge in [0.05, 0.1) is 13.2 Å². The van der Waals surface area contributed by atoms with E-state index in [1.54, 1.807) is 0 Å². The second kappa shape index (κ2) is 6.40. The lowest BCUT2D eigenvalue weighted by Crippen LogP contribution is -2.27. The molecule has 0 aromatic carbocycles. The highest BCUT2D eigenvalue weighted by Crippen LogP contribution is 2.15. The molecule has 0 aromatic rings. The predicted octanol–water partition coefficient (Wildman–Crippen LogP) is 1.11. The molecule has 0 N–H and O–H groups in total. The highest BCUT2D eigenvalue weighted by molar-refractivity contribution is 5.66. The van der Waals surface area contributed by atoms with Crippen LogP contribution in [-0.2, 0) is 23.8 Å². The summed E-state index contributed by atoms with van der Waals surface area (Å²) in [5, 5.41) is 0. The Kier molecular flexibility index (Phi) is 5.93. The van der Waals surface area contributed by atoms with Gasteiger partial charge in [-0.05, 0) is 0 Å². The Hall–Kier alpha value is -1.10. The maximum Gasteiger partial charge on any atom is 0.304 e. The Bertz CT molecular complexity index is 222. The summed E-state index contributed by atoms with van der Waals surface area (Å²) in [6.07, 6.45) is 0. The van der Waals surface area contributed by atoms with Gasteiger partial charge >= 0.3 is 11.9 Å². The average molecular weight is 218 g/mol. The second-order valence-corrected chi connectivity index (χ2v) is 4.05. The van der Waals surface area contributed by atoms with E-state index in [1.807, 2.05) is 13.8 Å². The zero-order valence-corrected chi connectivity index (χ0v) is 9.66. The van der Waals surface area contributed by atoms with Crippen molar-refractivity contribution < 1.29 is 23.8 Å². The van der Waals surface area contributed by atoms with Gasteiger partial charge in [-0.15, -0.1) is 0 Å². The van der Waals surface area contributed by atoms with E-state index in [1.165, 1.54) is 13.8 Å². The molecule has 0 amide bonds. The Labute approximate surface area is 89.7 Å². The van der Waals surface area contributed by atoms with Crippen molar-refractivity contribution in [1.29, 1.82) is 0 Å². The molecule has 0 aliphatic carbocycles. The van der Waals surface area contributed by atoms with Crippen LogP contribution in [0.4, 0.5) is 0 Å². The Morgan fingerprint density at radius 3 is 2.00 bits per heavy atom. The van der Waals surface area contributed by atoms with E-state index < -0.39 is 0 Å². The highest BCUT2D eigenvalue weighted by Gasteiger charge is 2.20. The lowest BCUT2D eigenvalue weighted by molar-refractivity contribution is -0.158. The van der Waals surface area contributed by atoms with Crippen LogP contribution in [0.3, 0.4) is 0 Å². The molecule has 0 rings (SSSR count). The zero-order valence-electron chi connectivity index (χ0n) is 9.66. The Balaban J connectivity index is 3.64. The molecule has 0 fully saturated rings. The van der Waals surface area contributed by atoms with Gasteiger partial charge in [-0.3, -0.25) is 9.59 Å². The smallest absolute Gasteiger partial charge is 0.304 e. The number of hydrogen-bond donors (Lipinski definition) is 0. The van der Waals surface area contributed by atoms with Crippen molar-refractivity contribution in [3.63, 3.8) is 0 Å². The topological polar surface area (TPSA) is 61.8 Å². The monoisotopic (exact) mass is 218 g/mol. The summed E-state index contributed by atoms with van der Waals surface area (Å²) < 4.78 is 14.6. The predicted molar refractivity (Wildman–Crippen MR) is 53.0 cm³/mol. The number of carbonyl (C=O) groups is 2. The first-order chi connectivity index (χ1) is 6.83. The molecule has 0 heterocycles. The number of esters is 2. The van der Waals surface area contributed by atoms with Crippen LogP contribution in [0.15, 0.2) is 0 Å². The molecule has 0 aromatic heterocycles. The normalized spacial score (nSPS) is 10.9. The van der Waals surface area contributed by atoms with Gasteiger partial charge in [-0.1, -0.05) is 13.8 Å². The first kappa shape index (κ1) is 13.9. The Morgan fingerprint density at radius 2 is 1.53 bits per heavy atom. The largest absolute Gasteiger partial charge is 0.465 e. The van der Waals surface area contributed by atoms with Gasteiger partial charge in [0.15, 0.2) is 6.79 Å². The van der Waals surface area contributed by atoms with Crippen molar-refractivity contribution in [3.8, 4) is 0 Å². The fraction of sp³-hybridized carbons (Fsp3) is 0.800. The quantitative estimate of drug-likeness (QED) is 0.379. The van der Waals surface area contributed by atoms with Crippen LogP contribution < -0.4 is 0 Å². The van der Waals surface area contributed by atoms with Crippen molar-refractivity contribution in [2.24, 2.45) is 5.41 Å². The third kappa shape index (κ3) is 9.21. The van der Waals surface area contributed by atoms with Crippen LogP contribution in [0.2, 0.25) is 0 Å². The van der Waals surface area contributed by atoms with Crippen molar-refractivity contribution in [3.05, 3.63) is 0 Å². The molecule has 0 atom stereocenters. The molecule has 0 saturated carbocycles. The molecule has 5 heteroatoms. The highest BCUT2D eigenvalue weighted by atomic mass is 16.7. The summed E-state index contributed by atoms with van der Waals surface area (Å²) in [7, 11) is 0. The molecule has 0 unspecified atom stereocenters. The van der Waals surface area contributed by atoms with E-state index in [0.29, 0.717) is 6.61 Å². The SMILES string of the molecule is CC(=O)OCOCC(C)(C)COC(C)=O. The standard InChI is InChI=1S/C10H18O5/c1-8(11)14-6-10(3,4)5-13-7-15-9(2)12/h5-7H2,1-4H3. The van der Waals surface area contributed by atoms with Gasteiger partial charge in [-0.25, -0.2) is 0 Å². The van der Waals surface area contributed by atoms with Gasteiger partial charge < -0.3 is 14.2 Å². The van der Waals surface area contributed by atoms with Crippen molar-refractivity contribution in [1.82, 2.24) is 0 Å². The number of hydrogen-bond acceptors (Lipinski definition) is 5. The minimum absolute atomic E-state index is 0.0706. The van der Waals surface area contributed by atoms with Gasteiger partial charge in [-0.2, -0.15) is 0 Å². The molecule has 88 valence electrons. The van der Waals surface area contributed by atoms with E-state index in [4.69, 9.17) is 9.47 Å². The summed E-state index contributed by atoms with van der Waals surface area (Å²) in [5.74, 6) is -0.698. The van der Waals surface area contributed by atoms with Crippen molar-refractivity contribution in [2.75, 3.05) is 20.0 Å². The molecule has 0 spiro atoms. The minimum Gasteiger partial charge on any atom is -0.465 e. The van der Waals surface area contributed by atoms with Crippen LogP contribution in [0.25, 0.3) is 0 Å². The fourth-order valence-electron chi connectivity index (χ4n) is 0.781. The van der Waals surface area contributed by atoms with Gasteiger partial charge in [0.2, 0.25) is 0 Å². The third-order valence-electron chi connectivity index (χ3n) is 1.50. The van der Waals surface area contributed by atoms with Crippen molar-refractivity contribution in [2.45, 2.75) is 27.7 Å². The van der Waals surface area contributed by atoms with E-state index in [2.05, 4.69) is 4.74 Å². The molecular formula is C10H18O5. The van der Waals surface area contributed by atoms with Gasteiger partial charge in [0.25, 0.3) is 0 Å². The summed E-state index contributed by atoms with van der Waals surface area (Å²) in [6.45, 7) is 7.02. The van der Waals surface area contributed by atoms with Crippen LogP contribution in [-0.4, -0.2) is 31.9 Å². The lowest BCUT2D eigenvalue weighted by Gasteiger charge is -2.23. The molecule has 0 radical (unpaired) electrons. The summed E-state index contributed by atoms with van der Waals surface area (Å²) in [6, 6.07) is 0. The Morgan fingerprint density at radius 1 is 1.00 bits per heavy atom. The average Bonchev–Trinajstić information content (AvgIpc) is 2.09. The second-order valence-electron chi connectivity index (χ2n) is 4.05. The minimum atomic E-state index is -0.382. The van der Waals surface area contributed by atoms with Crippen LogP contribution in [0, 0.1) is 5.41 Å². The first-order valence-electron chi connectivity index (χ1n) is 4.68. The van der Waals surface area contributed by atoms with Crippen LogP contribution >= 0.6 is 0 Å². The molecule has 0 aliphatic heterocycles. The maximum absolute atomic E-state index is 10.6. The lowest BCUT2D eigenvalue weighted by atomic mass is 9.96. The van der Waals surface area contributed by atoms with Crippen LogP contribution in [0.1, 0.15) is 27.7 Å². The molecular weight excluding hydrogens is 200 g/mol. The first-order valence-corrected chi connectivity index (χ1v) is 4.68. The van der Waals surface area contributed by atoms with Crippen molar-refractivity contribution >= 4 is 11.9 Å². The number of rotatable bonds is 6. The molecule has 0 bridgehead atoms. The molecule has 15 heavy (non-hydrogen) atoms. The van der Waals surface area contributed by atoms with E-state index in [0.717, 1.165) is 0 Å². The molecule has 5 nitrogen and oxygen atoms in total. The molecule has 0 aliphatic rings. The van der Waals surface area contributed by atoms with E-state index in [9.17, 15) is 9.59 Å². The summed E-state index contributed by atoms with van der Waals surface area (Å²) in [5.41, 5.74) is -0.286. The zero-order chi connectivity index (χ0) is 11.9. The summed E-state index contributed by atoms with van der Waals surface area (Å²) in [4.78, 5) is 21.0. The molecule has 0 saturated heterocycles. The maximum atomic E-state index is 10.6.